The highest BCUT2D eigenvalue weighted by molar-refractivity contribution is 5.99. The summed E-state index contributed by atoms with van der Waals surface area (Å²) in [6.45, 7) is 3.49. The molecule has 3 heterocycles. The number of H-pyrrole nitrogens is 1. The number of hydrogen-bond donors (Lipinski definition) is 1. The van der Waals surface area contributed by atoms with Crippen molar-refractivity contribution in [1.29, 1.82) is 0 Å². The van der Waals surface area contributed by atoms with Gasteiger partial charge in [-0.05, 0) is 19.8 Å². The number of hydrogen-bond acceptors (Lipinski definition) is 3. The number of carbonyl (C=O) groups is 1. The lowest BCUT2D eigenvalue weighted by molar-refractivity contribution is 0.0679. The quantitative estimate of drug-likeness (QED) is 0.800. The lowest BCUT2D eigenvalue weighted by Gasteiger charge is -2.34. The van der Waals surface area contributed by atoms with Gasteiger partial charge in [0.15, 0.2) is 0 Å². The van der Waals surface area contributed by atoms with Crippen molar-refractivity contribution in [2.45, 2.75) is 25.8 Å². The van der Waals surface area contributed by atoms with Crippen molar-refractivity contribution in [3.8, 4) is 11.3 Å². The van der Waals surface area contributed by atoms with Crippen molar-refractivity contribution in [1.82, 2.24) is 24.6 Å². The van der Waals surface area contributed by atoms with Gasteiger partial charge in [0.2, 0.25) is 0 Å². The van der Waals surface area contributed by atoms with E-state index in [0.717, 1.165) is 36.5 Å². The first-order chi connectivity index (χ1) is 12.2. The van der Waals surface area contributed by atoms with Gasteiger partial charge in [0.05, 0.1) is 23.5 Å². The fourth-order valence-corrected chi connectivity index (χ4v) is 3.58. The number of rotatable bonds is 3. The number of benzene rings is 1. The summed E-state index contributed by atoms with van der Waals surface area (Å²) < 4.78 is 2.17. The van der Waals surface area contributed by atoms with Gasteiger partial charge in [-0.3, -0.25) is 9.89 Å². The number of nitrogens with zero attached hydrogens (tertiary/aromatic N) is 4. The molecule has 4 rings (SSSR count). The maximum absolute atomic E-state index is 13.1. The van der Waals surface area contributed by atoms with E-state index in [2.05, 4.69) is 19.7 Å². The Morgan fingerprint density at radius 3 is 2.88 bits per heavy atom. The van der Waals surface area contributed by atoms with E-state index in [-0.39, 0.29) is 11.9 Å². The van der Waals surface area contributed by atoms with E-state index in [0.29, 0.717) is 12.1 Å². The van der Waals surface area contributed by atoms with Crippen LogP contribution in [0.1, 0.15) is 35.1 Å². The van der Waals surface area contributed by atoms with Crippen molar-refractivity contribution in [2.24, 2.45) is 0 Å². The van der Waals surface area contributed by atoms with E-state index in [1.807, 2.05) is 54.5 Å². The predicted octanol–water partition coefficient (Wildman–Crippen LogP) is 3.06. The summed E-state index contributed by atoms with van der Waals surface area (Å²) in [7, 11) is 0. The van der Waals surface area contributed by atoms with Crippen LogP contribution >= 0.6 is 0 Å². The Bertz CT molecular complexity index is 867. The van der Waals surface area contributed by atoms with Crippen molar-refractivity contribution in [3.63, 3.8) is 0 Å². The number of imidazole rings is 1. The van der Waals surface area contributed by atoms with Crippen LogP contribution in [0.5, 0.6) is 0 Å². The highest BCUT2D eigenvalue weighted by atomic mass is 16.2. The molecule has 0 aliphatic carbocycles. The summed E-state index contributed by atoms with van der Waals surface area (Å²) >= 11 is 0. The number of carbonyl (C=O) groups excluding carboxylic acids is 1. The van der Waals surface area contributed by atoms with Gasteiger partial charge in [0.25, 0.3) is 5.91 Å². The second-order valence-electron chi connectivity index (χ2n) is 6.45. The first kappa shape index (κ1) is 15.6. The van der Waals surface area contributed by atoms with E-state index < -0.39 is 0 Å². The monoisotopic (exact) mass is 335 g/mol. The minimum atomic E-state index is 0.0371. The van der Waals surface area contributed by atoms with E-state index >= 15 is 0 Å². The molecular weight excluding hydrogens is 314 g/mol. The molecule has 1 amide bonds. The largest absolute Gasteiger partial charge is 0.336 e. The minimum Gasteiger partial charge on any atom is -0.336 e. The maximum Gasteiger partial charge on any atom is 0.257 e. The third-order valence-corrected chi connectivity index (χ3v) is 4.87. The minimum absolute atomic E-state index is 0.0371. The molecule has 1 aliphatic rings. The van der Waals surface area contributed by atoms with Crippen LogP contribution < -0.4 is 0 Å². The second kappa shape index (κ2) is 6.55. The predicted molar refractivity (Wildman–Crippen MR) is 95.2 cm³/mol. The summed E-state index contributed by atoms with van der Waals surface area (Å²) in [6.07, 6.45) is 7.52. The van der Waals surface area contributed by atoms with E-state index in [4.69, 9.17) is 0 Å². The Hall–Kier alpha value is -2.89. The van der Waals surface area contributed by atoms with Crippen LogP contribution in [0.15, 0.2) is 48.9 Å². The van der Waals surface area contributed by atoms with Crippen LogP contribution in [0.25, 0.3) is 11.3 Å². The SMILES string of the molecule is Cc1nccn1[C@H]1CCCN(C(=O)c2cn[nH]c2-c2ccccc2)C1. The Morgan fingerprint density at radius 2 is 2.12 bits per heavy atom. The zero-order valence-corrected chi connectivity index (χ0v) is 14.2. The zero-order valence-electron chi connectivity index (χ0n) is 14.2. The lowest BCUT2D eigenvalue weighted by atomic mass is 10.0. The standard InChI is InChI=1S/C19H21N5O/c1-14-20-9-11-24(14)16-8-5-10-23(13-16)19(25)17-12-21-22-18(17)15-6-3-2-4-7-15/h2-4,6-7,9,11-12,16H,5,8,10,13H2,1H3,(H,21,22)/t16-/m0/s1. The normalized spacial score (nSPS) is 17.6. The molecule has 0 spiro atoms. The molecule has 0 saturated carbocycles. The van der Waals surface area contributed by atoms with Crippen molar-refractivity contribution >= 4 is 5.91 Å². The molecule has 1 aromatic carbocycles. The van der Waals surface area contributed by atoms with Gasteiger partial charge in [-0.25, -0.2) is 4.98 Å². The molecule has 1 aliphatic heterocycles. The number of aromatic nitrogens is 4. The average Bonchev–Trinajstić information content (AvgIpc) is 3.31. The van der Waals surface area contributed by atoms with Gasteiger partial charge in [-0.1, -0.05) is 30.3 Å². The molecule has 25 heavy (non-hydrogen) atoms. The fourth-order valence-electron chi connectivity index (χ4n) is 3.58. The van der Waals surface area contributed by atoms with Crippen LogP contribution in [0.2, 0.25) is 0 Å². The van der Waals surface area contributed by atoms with E-state index in [1.54, 1.807) is 6.20 Å². The molecule has 0 bridgehead atoms. The van der Waals surface area contributed by atoms with Gasteiger partial charge >= 0.3 is 0 Å². The summed E-state index contributed by atoms with van der Waals surface area (Å²) in [5.41, 5.74) is 2.39. The van der Waals surface area contributed by atoms with Crippen molar-refractivity contribution in [2.75, 3.05) is 13.1 Å². The molecule has 2 aromatic heterocycles. The highest BCUT2D eigenvalue weighted by Crippen LogP contribution is 2.27. The lowest BCUT2D eigenvalue weighted by Crippen LogP contribution is -2.40. The number of piperidine rings is 1. The number of amides is 1. The van der Waals surface area contributed by atoms with Crippen LogP contribution in [0.3, 0.4) is 0 Å². The van der Waals surface area contributed by atoms with Gasteiger partial charge in [0, 0.05) is 31.0 Å². The molecule has 0 unspecified atom stereocenters. The second-order valence-corrected chi connectivity index (χ2v) is 6.45. The molecule has 1 atom stereocenters. The molecule has 3 aromatic rings. The average molecular weight is 335 g/mol. The Labute approximate surface area is 146 Å². The molecule has 1 N–H and O–H groups in total. The maximum atomic E-state index is 13.1. The summed E-state index contributed by atoms with van der Waals surface area (Å²) in [5, 5.41) is 7.09. The van der Waals surface area contributed by atoms with Crippen LogP contribution in [-0.4, -0.2) is 43.6 Å². The number of aromatic amines is 1. The van der Waals surface area contributed by atoms with Crippen molar-refractivity contribution in [3.05, 3.63) is 60.3 Å². The number of nitrogens with one attached hydrogen (secondary N) is 1. The smallest absolute Gasteiger partial charge is 0.257 e. The van der Waals surface area contributed by atoms with Crippen molar-refractivity contribution < 1.29 is 4.79 Å². The van der Waals surface area contributed by atoms with Crippen LogP contribution in [0, 0.1) is 6.92 Å². The number of likely N-dealkylation sites (tertiary alicyclic amines) is 1. The third kappa shape index (κ3) is 2.95. The van der Waals surface area contributed by atoms with Crippen LogP contribution in [-0.2, 0) is 0 Å². The first-order valence-electron chi connectivity index (χ1n) is 8.61. The molecule has 6 heteroatoms. The van der Waals surface area contributed by atoms with Gasteiger partial charge in [0.1, 0.15) is 5.82 Å². The van der Waals surface area contributed by atoms with Gasteiger partial charge in [-0.15, -0.1) is 0 Å². The topological polar surface area (TPSA) is 66.8 Å². The molecule has 6 nitrogen and oxygen atoms in total. The molecule has 1 saturated heterocycles. The number of aryl methyl sites for hydroxylation is 1. The summed E-state index contributed by atoms with van der Waals surface area (Å²) in [4.78, 5) is 19.3. The Kier molecular flexibility index (Phi) is 4.09. The van der Waals surface area contributed by atoms with E-state index in [1.165, 1.54) is 0 Å². The highest BCUT2D eigenvalue weighted by Gasteiger charge is 2.28. The summed E-state index contributed by atoms with van der Waals surface area (Å²) in [5.74, 6) is 1.03. The third-order valence-electron chi connectivity index (χ3n) is 4.87. The summed E-state index contributed by atoms with van der Waals surface area (Å²) in [6, 6.07) is 10.1. The fraction of sp³-hybridized carbons (Fsp3) is 0.316. The molecule has 0 radical (unpaired) electrons. The van der Waals surface area contributed by atoms with E-state index in [9.17, 15) is 4.79 Å². The van der Waals surface area contributed by atoms with Gasteiger partial charge < -0.3 is 9.47 Å². The first-order valence-corrected chi connectivity index (χ1v) is 8.61. The molecular formula is C19H21N5O. The molecule has 128 valence electrons. The molecule has 1 fully saturated rings. The Balaban J connectivity index is 1.58. The zero-order chi connectivity index (χ0) is 17.2. The van der Waals surface area contributed by atoms with Gasteiger partial charge in [-0.2, -0.15) is 5.10 Å². The van der Waals surface area contributed by atoms with Crippen LogP contribution in [0.4, 0.5) is 0 Å². The Morgan fingerprint density at radius 1 is 1.28 bits per heavy atom.